The summed E-state index contributed by atoms with van der Waals surface area (Å²) < 4.78 is 0. The Bertz CT molecular complexity index is 7580. The summed E-state index contributed by atoms with van der Waals surface area (Å²) in [5, 5.41) is 5.32. The fourth-order valence-electron chi connectivity index (χ4n) is 29.8. The Morgan fingerprint density at radius 3 is 0.674 bits per heavy atom. The van der Waals surface area contributed by atoms with E-state index in [1.54, 1.807) is 22.3 Å². The quantitative estimate of drug-likeness (QED) is 0.0360. The molecule has 0 saturated carbocycles. The number of hydrogen-bond donors (Lipinski definition) is 0. The molecule has 0 N–H and O–H groups in total. The lowest BCUT2D eigenvalue weighted by Crippen LogP contribution is -2.25. The lowest BCUT2D eigenvalue weighted by molar-refractivity contribution is 0.398. The summed E-state index contributed by atoms with van der Waals surface area (Å²) in [6.07, 6.45) is 35.3. The van der Waals surface area contributed by atoms with E-state index >= 15 is 0 Å². The second kappa shape index (κ2) is 36.9. The second-order valence-corrected chi connectivity index (χ2v) is 48.3. The topological polar surface area (TPSA) is 0 Å². The van der Waals surface area contributed by atoms with Crippen LogP contribution in [0.25, 0.3) is 166 Å². The van der Waals surface area contributed by atoms with Crippen molar-refractivity contribution in [2.45, 2.75) is 336 Å². The Balaban J connectivity index is 0.519. The Morgan fingerprint density at radius 2 is 0.368 bits per heavy atom. The number of rotatable bonds is 33. The summed E-state index contributed by atoms with van der Waals surface area (Å²) in [7, 11) is 0. The van der Waals surface area contributed by atoms with Crippen LogP contribution in [0.4, 0.5) is 0 Å². The fraction of sp³-hybridized carbons (Fsp3) is 0.361. The normalized spacial score (nSPS) is 16.4. The van der Waals surface area contributed by atoms with Crippen LogP contribution in [0.5, 0.6) is 0 Å². The molecule has 0 aliphatic heterocycles. The zero-order chi connectivity index (χ0) is 99.4. The van der Waals surface area contributed by atoms with E-state index in [4.69, 9.17) is 0 Å². The highest BCUT2D eigenvalue weighted by Gasteiger charge is 2.50. The van der Waals surface area contributed by atoms with Crippen molar-refractivity contribution < 1.29 is 0 Å². The number of fused-ring (bicyclic) bond motifs is 25. The Hall–Kier alpha value is -12.0. The third-order valence-corrected chi connectivity index (χ3v) is 37.7. The van der Waals surface area contributed by atoms with Crippen molar-refractivity contribution in [3.05, 3.63) is 367 Å². The van der Waals surface area contributed by atoms with E-state index < -0.39 is 0 Å². The summed E-state index contributed by atoms with van der Waals surface area (Å²) in [5.41, 5.74) is 60.2. The molecule has 0 amide bonds. The molecule has 1 unspecified atom stereocenters. The molecule has 0 spiro atoms. The predicted octanol–water partition coefficient (Wildman–Crippen LogP) is 41.9. The number of aryl methyl sites for hydroxylation is 4. The minimum Gasteiger partial charge on any atom is -0.0654 e. The van der Waals surface area contributed by atoms with Crippen LogP contribution < -0.4 is 0 Å². The van der Waals surface area contributed by atoms with Gasteiger partial charge >= 0.3 is 0 Å². The summed E-state index contributed by atoms with van der Waals surface area (Å²) in [6, 6.07) is 109. The number of unbranched alkanes of at least 4 members (excludes halogenated alkanes) is 19. The second-order valence-electron chi connectivity index (χ2n) is 48.3. The number of hydrogen-bond acceptors (Lipinski definition) is 0. The molecule has 0 bridgehead atoms. The maximum Gasteiger partial charge on any atom is 0.0215 e. The Labute approximate surface area is 862 Å². The van der Waals surface area contributed by atoms with Gasteiger partial charge in [0, 0.05) is 37.9 Å². The zero-order valence-corrected chi connectivity index (χ0v) is 90.0. The van der Waals surface area contributed by atoms with Crippen LogP contribution in [-0.4, -0.2) is 0 Å². The van der Waals surface area contributed by atoms with Crippen molar-refractivity contribution in [2.24, 2.45) is 0 Å². The molecule has 0 saturated heterocycles. The van der Waals surface area contributed by atoms with E-state index in [0.29, 0.717) is 0 Å². The van der Waals surface area contributed by atoms with Crippen LogP contribution in [0.15, 0.2) is 267 Å². The van der Waals surface area contributed by atoms with Crippen molar-refractivity contribution in [2.75, 3.05) is 0 Å². The van der Waals surface area contributed by atoms with Crippen molar-refractivity contribution >= 4 is 21.5 Å². The molecule has 7 aliphatic rings. The molecule has 16 aromatic carbocycles. The first-order valence-electron chi connectivity index (χ1n) is 56.5. The SMILES string of the molecule is CCCCCCCCC1(CCCCCCC)c2ccccc2-c2ccc(-c3ccc4c(c3)C(C)(C)c3cc(-c5cc(C)c(-c6cc7c(c8ccccc68)-c6cc8c(cc6C7(C)C)-c6cc7c(cc6C8(C)C)-c6c(cc(-c8c(C)cc(-c9ccc%10c(c9)C(C)(C)c9cc(-c%11ccc%12c(c%11)C(CCCCCCCC)(CCCCCCCC)c%11ccccc%11-%12)ccc9-%10)cc8C)c8ccccc68)C7(C)C)c(C)c5)ccc3-4)cc21. The van der Waals surface area contributed by atoms with Crippen LogP contribution in [0.1, 0.15) is 370 Å². The molecule has 1 atom stereocenters. The third kappa shape index (κ3) is 15.2. The van der Waals surface area contributed by atoms with Gasteiger partial charge in [0.1, 0.15) is 0 Å². The van der Waals surface area contributed by atoms with E-state index in [9.17, 15) is 0 Å². The zero-order valence-electron chi connectivity index (χ0n) is 90.0. The molecule has 16 aromatic rings. The van der Waals surface area contributed by atoms with Crippen molar-refractivity contribution in [3.63, 3.8) is 0 Å². The van der Waals surface area contributed by atoms with E-state index in [2.05, 4.69) is 392 Å². The monoisotopic (exact) mass is 1880 g/mol. The summed E-state index contributed by atoms with van der Waals surface area (Å²) >= 11 is 0. The molecular weight excluding hydrogens is 1730 g/mol. The van der Waals surface area contributed by atoms with Gasteiger partial charge in [0.05, 0.1) is 0 Å². The van der Waals surface area contributed by atoms with E-state index in [0.717, 1.165) is 0 Å². The van der Waals surface area contributed by atoms with Crippen LogP contribution in [0.2, 0.25) is 0 Å². The van der Waals surface area contributed by atoms with E-state index in [-0.39, 0.29) is 37.9 Å². The summed E-state index contributed by atoms with van der Waals surface area (Å²) in [6.45, 7) is 43.8. The maximum absolute atomic E-state index is 2.66. The van der Waals surface area contributed by atoms with Gasteiger partial charge in [-0.1, -0.05) is 439 Å². The van der Waals surface area contributed by atoms with Crippen molar-refractivity contribution in [1.82, 2.24) is 0 Å². The molecule has 0 aromatic heterocycles. The maximum atomic E-state index is 2.66. The summed E-state index contributed by atoms with van der Waals surface area (Å²) in [4.78, 5) is 0. The molecule has 144 heavy (non-hydrogen) atoms. The van der Waals surface area contributed by atoms with Crippen LogP contribution in [0, 0.1) is 27.7 Å². The molecule has 0 heteroatoms. The highest BCUT2D eigenvalue weighted by Crippen LogP contribution is 2.65. The van der Waals surface area contributed by atoms with Gasteiger partial charge in [0.25, 0.3) is 0 Å². The molecular formula is C144H152. The van der Waals surface area contributed by atoms with Crippen LogP contribution in [0.3, 0.4) is 0 Å². The molecule has 0 radical (unpaired) electrons. The first kappa shape index (κ1) is 95.6. The fourth-order valence-corrected chi connectivity index (χ4v) is 29.8. The highest BCUT2D eigenvalue weighted by molar-refractivity contribution is 6.13. The van der Waals surface area contributed by atoms with Gasteiger partial charge in [0.2, 0.25) is 0 Å². The minimum atomic E-state index is -0.276. The van der Waals surface area contributed by atoms with Gasteiger partial charge in [-0.3, -0.25) is 0 Å². The predicted molar refractivity (Wildman–Crippen MR) is 621 cm³/mol. The van der Waals surface area contributed by atoms with Gasteiger partial charge in [-0.15, -0.1) is 0 Å². The highest BCUT2D eigenvalue weighted by atomic mass is 14.5. The first-order chi connectivity index (χ1) is 69.7. The standard InChI is InChI=1S/C144H152/c1-19-23-27-31-35-47-71-143(70-46-34-30-26-22-4)120-56-44-42-52-104(120)110-68-60-96(82-130(110)143)94-58-64-106-108-66-62-98(80-124(108)138(9,10)122(106)78-94)100-74-90(5)134(91(6)75-100)116-86-132-136(112-54-40-38-50-102(112)116)118-88-126-114(84-128(118)141(132,15)16)115-85-129-119(89-127(115)140(126,13)14)137-113-55-41-39-51-103(113)117(87-133(137)142(129,17)18)135-92(7)76-101(77-93(135)8)99-63-67-109-107-65-59-95(79-123(107)139(11,12)125(109)81-99)97-61-69-111-105-53-43-45-57-121(105)144(131(111)83-97,72-48-36-32-28-24-20-2)73-49-37-33-29-25-21-3/h38-45,50-69,74-89H,19-37,46-49,70-73H2,1-18H3. The van der Waals surface area contributed by atoms with Gasteiger partial charge in [-0.25, -0.2) is 0 Å². The average molecular weight is 1880 g/mol. The van der Waals surface area contributed by atoms with Gasteiger partial charge in [-0.2, -0.15) is 0 Å². The average Bonchev–Trinajstić information content (AvgIpc) is 1.51. The Kier molecular flexibility index (Phi) is 24.5. The number of benzene rings is 16. The molecule has 0 fully saturated rings. The minimum absolute atomic E-state index is 0.0448. The molecule has 7 aliphatic carbocycles. The molecule has 0 nitrogen and oxygen atoms in total. The summed E-state index contributed by atoms with van der Waals surface area (Å²) in [5.74, 6) is 0. The third-order valence-electron chi connectivity index (χ3n) is 37.7. The van der Waals surface area contributed by atoms with Crippen LogP contribution >= 0.6 is 0 Å². The van der Waals surface area contributed by atoms with Crippen molar-refractivity contribution in [3.8, 4) is 145 Å². The Morgan fingerprint density at radius 1 is 0.153 bits per heavy atom. The molecule has 728 valence electrons. The smallest absolute Gasteiger partial charge is 0.0215 e. The van der Waals surface area contributed by atoms with Crippen molar-refractivity contribution in [1.29, 1.82) is 0 Å². The largest absolute Gasteiger partial charge is 0.0654 e. The lowest BCUT2D eigenvalue weighted by Gasteiger charge is -2.33. The van der Waals surface area contributed by atoms with E-state index in [1.807, 2.05) is 0 Å². The van der Waals surface area contributed by atoms with E-state index in [1.165, 1.54) is 417 Å². The first-order valence-corrected chi connectivity index (χ1v) is 56.5. The molecule has 0 heterocycles. The van der Waals surface area contributed by atoms with Gasteiger partial charge < -0.3 is 0 Å². The molecule has 23 rings (SSSR count). The van der Waals surface area contributed by atoms with Gasteiger partial charge in [-0.05, 0) is 393 Å². The lowest BCUT2D eigenvalue weighted by atomic mass is 9.70. The van der Waals surface area contributed by atoms with Crippen LogP contribution in [-0.2, 0) is 37.9 Å². The van der Waals surface area contributed by atoms with Gasteiger partial charge in [0.15, 0.2) is 0 Å².